The first-order valence-electron chi connectivity index (χ1n) is 9.36. The van der Waals surface area contributed by atoms with Gasteiger partial charge in [0.05, 0.1) is 11.7 Å². The molecular formula is C19H25N3O4S. The molecule has 7 nitrogen and oxygen atoms in total. The lowest BCUT2D eigenvalue weighted by atomic mass is 9.89. The fourth-order valence-electron chi connectivity index (χ4n) is 4.83. The highest BCUT2D eigenvalue weighted by Gasteiger charge is 2.52. The van der Waals surface area contributed by atoms with E-state index in [-0.39, 0.29) is 18.4 Å². The van der Waals surface area contributed by atoms with Crippen LogP contribution in [-0.4, -0.2) is 56.6 Å². The van der Waals surface area contributed by atoms with Crippen molar-refractivity contribution in [1.29, 1.82) is 0 Å². The molecular weight excluding hydrogens is 366 g/mol. The molecule has 3 aliphatic heterocycles. The zero-order valence-corrected chi connectivity index (χ0v) is 16.6. The van der Waals surface area contributed by atoms with Crippen molar-refractivity contribution in [3.8, 4) is 0 Å². The van der Waals surface area contributed by atoms with Crippen LogP contribution in [0, 0.1) is 12.8 Å². The van der Waals surface area contributed by atoms with Crippen molar-refractivity contribution in [2.75, 3.05) is 24.4 Å². The maximum Gasteiger partial charge on any atom is 0.247 e. The first kappa shape index (κ1) is 18.4. The Morgan fingerprint density at radius 3 is 2.67 bits per heavy atom. The lowest BCUT2D eigenvalue weighted by Crippen LogP contribution is -2.58. The Kier molecular flexibility index (Phi) is 4.31. The van der Waals surface area contributed by atoms with Gasteiger partial charge in [0, 0.05) is 18.9 Å². The number of likely N-dealkylation sites (tertiary alicyclic amines) is 1. The number of carbonyl (C=O) groups excluding carboxylic acids is 2. The van der Waals surface area contributed by atoms with Gasteiger partial charge >= 0.3 is 0 Å². The molecule has 3 aliphatic rings. The van der Waals surface area contributed by atoms with Gasteiger partial charge in [0.1, 0.15) is 0 Å². The Hall–Kier alpha value is -1.93. The smallest absolute Gasteiger partial charge is 0.247 e. The summed E-state index contributed by atoms with van der Waals surface area (Å²) in [6.07, 6.45) is 0.761. The molecule has 4 atom stereocenters. The first-order chi connectivity index (χ1) is 12.7. The number of likely N-dealkylation sites (N-methyl/N-ethyl adjacent to an activating group) is 1. The van der Waals surface area contributed by atoms with Crippen LogP contribution in [0.4, 0.5) is 5.69 Å². The number of imide groups is 1. The van der Waals surface area contributed by atoms with E-state index in [0.29, 0.717) is 5.69 Å². The Balaban J connectivity index is 1.80. The quantitative estimate of drug-likeness (QED) is 0.760. The van der Waals surface area contributed by atoms with Gasteiger partial charge in [-0.2, -0.15) is 0 Å². The van der Waals surface area contributed by atoms with Gasteiger partial charge in [-0.15, -0.1) is 0 Å². The molecule has 0 bridgehead atoms. The third kappa shape index (κ3) is 2.86. The van der Waals surface area contributed by atoms with Crippen LogP contribution in [0.15, 0.2) is 18.2 Å². The molecule has 4 rings (SSSR count). The van der Waals surface area contributed by atoms with E-state index in [0.717, 1.165) is 30.6 Å². The van der Waals surface area contributed by atoms with Crippen molar-refractivity contribution in [1.82, 2.24) is 10.2 Å². The van der Waals surface area contributed by atoms with Crippen LogP contribution >= 0.6 is 0 Å². The van der Waals surface area contributed by atoms with Crippen molar-refractivity contribution >= 4 is 27.5 Å². The molecule has 146 valence electrons. The maximum absolute atomic E-state index is 13.6. The average Bonchev–Trinajstić information content (AvgIpc) is 2.87. The standard InChI is InChI=1S/C19H25N3O4S/c1-11-4-5-15-13(8-11)14-10-21(3)7-6-16(14)22(15)27(25,26)18-12(2)9-17(23)20-19(18)24/h4-5,8,12,14,16,18H,6-7,9-10H2,1-3H3,(H,20,23,24). The van der Waals surface area contributed by atoms with Gasteiger partial charge in [-0.25, -0.2) is 8.42 Å². The summed E-state index contributed by atoms with van der Waals surface area (Å²) in [6.45, 7) is 5.27. The number of sulfonamides is 1. The van der Waals surface area contributed by atoms with Gasteiger partial charge in [-0.05, 0) is 44.5 Å². The van der Waals surface area contributed by atoms with E-state index >= 15 is 0 Å². The van der Waals surface area contributed by atoms with Crippen molar-refractivity contribution in [2.45, 2.75) is 43.9 Å². The molecule has 0 aromatic heterocycles. The van der Waals surface area contributed by atoms with Crippen LogP contribution < -0.4 is 9.62 Å². The van der Waals surface area contributed by atoms with Gasteiger partial charge in [0.15, 0.2) is 5.25 Å². The predicted molar refractivity (Wildman–Crippen MR) is 102 cm³/mol. The molecule has 1 aromatic rings. The maximum atomic E-state index is 13.6. The molecule has 1 N–H and O–H groups in total. The Bertz CT molecular complexity index is 914. The number of nitrogens with one attached hydrogen (secondary N) is 1. The van der Waals surface area contributed by atoms with Crippen LogP contribution in [0.1, 0.15) is 36.8 Å². The number of amides is 2. The topological polar surface area (TPSA) is 86.8 Å². The summed E-state index contributed by atoms with van der Waals surface area (Å²) in [4.78, 5) is 26.3. The summed E-state index contributed by atoms with van der Waals surface area (Å²) in [5.74, 6) is -1.56. The van der Waals surface area contributed by atoms with E-state index in [1.165, 1.54) is 4.31 Å². The normalized spacial score (nSPS) is 31.4. The summed E-state index contributed by atoms with van der Waals surface area (Å²) in [6, 6.07) is 5.66. The molecule has 2 saturated heterocycles. The Labute approximate surface area is 159 Å². The van der Waals surface area contributed by atoms with Crippen molar-refractivity contribution in [3.63, 3.8) is 0 Å². The monoisotopic (exact) mass is 391 g/mol. The number of carbonyl (C=O) groups is 2. The van der Waals surface area contributed by atoms with Crippen LogP contribution in [0.3, 0.4) is 0 Å². The fourth-order valence-corrected chi connectivity index (χ4v) is 7.16. The molecule has 3 heterocycles. The number of hydrogen-bond donors (Lipinski definition) is 1. The van der Waals surface area contributed by atoms with Crippen molar-refractivity contribution in [2.24, 2.45) is 5.92 Å². The number of fused-ring (bicyclic) bond motifs is 3. The first-order valence-corrected chi connectivity index (χ1v) is 10.9. The zero-order chi connectivity index (χ0) is 19.5. The molecule has 0 spiro atoms. The minimum Gasteiger partial charge on any atom is -0.306 e. The second-order valence-electron chi connectivity index (χ2n) is 8.14. The minimum atomic E-state index is -3.95. The number of aryl methyl sites for hydroxylation is 1. The van der Waals surface area contributed by atoms with E-state index in [4.69, 9.17) is 0 Å². The van der Waals surface area contributed by atoms with Crippen LogP contribution in [-0.2, 0) is 19.6 Å². The summed E-state index contributed by atoms with van der Waals surface area (Å²) in [5, 5.41) is 0.976. The molecule has 0 aliphatic carbocycles. The molecule has 4 unspecified atom stereocenters. The second kappa shape index (κ2) is 6.31. The highest BCUT2D eigenvalue weighted by Crippen LogP contribution is 2.47. The largest absolute Gasteiger partial charge is 0.306 e. The van der Waals surface area contributed by atoms with Crippen LogP contribution in [0.5, 0.6) is 0 Å². The molecule has 27 heavy (non-hydrogen) atoms. The third-order valence-electron chi connectivity index (χ3n) is 6.04. The summed E-state index contributed by atoms with van der Waals surface area (Å²) in [7, 11) is -1.90. The molecule has 1 aromatic carbocycles. The second-order valence-corrected chi connectivity index (χ2v) is 10.1. The number of hydrogen-bond acceptors (Lipinski definition) is 5. The van der Waals surface area contributed by atoms with Crippen LogP contribution in [0.25, 0.3) is 0 Å². The van der Waals surface area contributed by atoms with Crippen molar-refractivity contribution in [3.05, 3.63) is 29.3 Å². The van der Waals surface area contributed by atoms with E-state index in [1.54, 1.807) is 6.92 Å². The van der Waals surface area contributed by atoms with E-state index < -0.39 is 33.0 Å². The Morgan fingerprint density at radius 1 is 1.22 bits per heavy atom. The summed E-state index contributed by atoms with van der Waals surface area (Å²) in [5.41, 5.74) is 2.81. The number of nitrogens with zero attached hydrogens (tertiary/aromatic N) is 2. The highest BCUT2D eigenvalue weighted by molar-refractivity contribution is 7.94. The number of piperidine rings is 2. The Morgan fingerprint density at radius 2 is 1.96 bits per heavy atom. The van der Waals surface area contributed by atoms with E-state index in [9.17, 15) is 18.0 Å². The highest BCUT2D eigenvalue weighted by atomic mass is 32.2. The lowest BCUT2D eigenvalue weighted by Gasteiger charge is -2.39. The van der Waals surface area contributed by atoms with Gasteiger partial charge in [0.2, 0.25) is 21.8 Å². The van der Waals surface area contributed by atoms with Gasteiger partial charge in [0.25, 0.3) is 0 Å². The summed E-state index contributed by atoms with van der Waals surface area (Å²) < 4.78 is 28.8. The lowest BCUT2D eigenvalue weighted by molar-refractivity contribution is -0.134. The zero-order valence-electron chi connectivity index (χ0n) is 15.8. The van der Waals surface area contributed by atoms with Gasteiger partial charge < -0.3 is 4.90 Å². The van der Waals surface area contributed by atoms with Crippen molar-refractivity contribution < 1.29 is 18.0 Å². The van der Waals surface area contributed by atoms with Crippen LogP contribution in [0.2, 0.25) is 0 Å². The molecule has 0 radical (unpaired) electrons. The number of rotatable bonds is 2. The average molecular weight is 391 g/mol. The van der Waals surface area contributed by atoms with Gasteiger partial charge in [-0.1, -0.05) is 24.6 Å². The minimum absolute atomic E-state index is 0.0427. The SMILES string of the molecule is Cc1ccc2c(c1)C1CN(C)CCC1N2S(=O)(=O)C1C(=O)NC(=O)CC1C. The predicted octanol–water partition coefficient (Wildman–Crippen LogP) is 0.984. The fraction of sp³-hybridized carbons (Fsp3) is 0.579. The van der Waals surface area contributed by atoms with E-state index in [1.807, 2.05) is 26.1 Å². The molecule has 8 heteroatoms. The van der Waals surface area contributed by atoms with E-state index in [2.05, 4.69) is 16.3 Å². The summed E-state index contributed by atoms with van der Waals surface area (Å²) >= 11 is 0. The van der Waals surface area contributed by atoms with Gasteiger partial charge in [-0.3, -0.25) is 19.2 Å². The molecule has 2 amide bonds. The number of benzene rings is 1. The third-order valence-corrected chi connectivity index (χ3v) is 8.38. The number of anilines is 1. The molecule has 2 fully saturated rings. The molecule has 0 saturated carbocycles.